The summed E-state index contributed by atoms with van der Waals surface area (Å²) >= 11 is 6.45. The molecule has 2 N–H and O–H groups in total. The zero-order chi connectivity index (χ0) is 17.6. The van der Waals surface area contributed by atoms with Crippen LogP contribution in [0.1, 0.15) is 22.3 Å². The summed E-state index contributed by atoms with van der Waals surface area (Å²) in [4.78, 5) is 11.9. The Bertz CT molecular complexity index is 889. The summed E-state index contributed by atoms with van der Waals surface area (Å²) in [6, 6.07) is 7.38. The van der Waals surface area contributed by atoms with Gasteiger partial charge in [-0.15, -0.1) is 0 Å². The topological polar surface area (TPSA) is 66.8 Å². The van der Waals surface area contributed by atoms with Gasteiger partial charge in [0.2, 0.25) is 0 Å². The summed E-state index contributed by atoms with van der Waals surface area (Å²) < 4.78 is 6.16. The summed E-state index contributed by atoms with van der Waals surface area (Å²) in [7, 11) is 0. The van der Waals surface area contributed by atoms with E-state index in [2.05, 4.69) is 31.9 Å². The summed E-state index contributed by atoms with van der Waals surface area (Å²) in [5, 5.41) is 20.6. The van der Waals surface area contributed by atoms with Crippen molar-refractivity contribution in [1.29, 1.82) is 0 Å². The van der Waals surface area contributed by atoms with Gasteiger partial charge in [0.15, 0.2) is 5.60 Å². The third kappa shape index (κ3) is 2.54. The molecular formula is C18H14Br2O4. The number of aromatic hydroxyl groups is 2. The van der Waals surface area contributed by atoms with Gasteiger partial charge in [-0.1, -0.05) is 23.8 Å². The zero-order valence-electron chi connectivity index (χ0n) is 12.9. The first-order valence-corrected chi connectivity index (χ1v) is 8.75. The average molecular weight is 454 g/mol. The molecule has 24 heavy (non-hydrogen) atoms. The number of benzene rings is 2. The molecule has 2 aromatic rings. The molecule has 124 valence electrons. The molecule has 1 unspecified atom stereocenters. The van der Waals surface area contributed by atoms with E-state index in [0.717, 1.165) is 16.7 Å². The van der Waals surface area contributed by atoms with Crippen molar-refractivity contribution in [1.82, 2.24) is 0 Å². The molecule has 0 radical (unpaired) electrons. The Labute approximate surface area is 156 Å². The van der Waals surface area contributed by atoms with Crippen LogP contribution in [0.15, 0.2) is 45.4 Å². The van der Waals surface area contributed by atoms with E-state index < -0.39 is 11.6 Å². The highest BCUT2D eigenvalue weighted by molar-refractivity contribution is 9.11. The minimum Gasteiger partial charge on any atom is -0.506 e. The summed E-state index contributed by atoms with van der Waals surface area (Å²) in [5.74, 6) is -0.799. The number of rotatable bonds is 2. The van der Waals surface area contributed by atoms with Crippen LogP contribution in [0, 0.1) is 13.8 Å². The first-order valence-electron chi connectivity index (χ1n) is 7.16. The first-order chi connectivity index (χ1) is 11.3. The molecule has 0 saturated carbocycles. The van der Waals surface area contributed by atoms with Crippen LogP contribution in [0.3, 0.4) is 0 Å². The molecule has 1 atom stereocenters. The summed E-state index contributed by atoms with van der Waals surface area (Å²) in [6.07, 6.45) is 2.97. The van der Waals surface area contributed by atoms with E-state index in [0.29, 0.717) is 10.0 Å². The normalized spacial score (nSPS) is 19.6. The highest BCUT2D eigenvalue weighted by Crippen LogP contribution is 2.50. The molecule has 0 spiro atoms. The zero-order valence-corrected chi connectivity index (χ0v) is 16.1. The highest BCUT2D eigenvalue weighted by atomic mass is 79.9. The van der Waals surface area contributed by atoms with Gasteiger partial charge in [0.1, 0.15) is 16.0 Å². The van der Waals surface area contributed by atoms with Crippen LogP contribution in [0.2, 0.25) is 0 Å². The Balaban J connectivity index is 2.36. The molecule has 0 fully saturated rings. The number of carbonyl (C=O) groups excluding carboxylic acids is 1. The minimum absolute atomic E-state index is 0.124. The predicted octanol–water partition coefficient (Wildman–Crippen LogP) is 4.60. The second-order valence-electron chi connectivity index (χ2n) is 5.73. The van der Waals surface area contributed by atoms with Crippen molar-refractivity contribution in [2.24, 2.45) is 0 Å². The molecule has 3 rings (SSSR count). The maximum atomic E-state index is 11.9. The molecule has 2 aromatic carbocycles. The van der Waals surface area contributed by atoms with Crippen LogP contribution in [-0.2, 0) is 15.1 Å². The monoisotopic (exact) mass is 452 g/mol. The number of halogens is 2. The predicted molar refractivity (Wildman–Crippen MR) is 97.1 cm³/mol. The second-order valence-corrected chi connectivity index (χ2v) is 7.37. The van der Waals surface area contributed by atoms with Gasteiger partial charge in [0, 0.05) is 17.2 Å². The van der Waals surface area contributed by atoms with Crippen molar-refractivity contribution >= 4 is 37.8 Å². The van der Waals surface area contributed by atoms with E-state index in [1.165, 1.54) is 6.08 Å². The van der Waals surface area contributed by atoms with Crippen LogP contribution in [0.5, 0.6) is 11.5 Å². The van der Waals surface area contributed by atoms with E-state index in [1.54, 1.807) is 12.1 Å². The Kier molecular flexibility index (Phi) is 4.21. The Hall–Kier alpha value is -1.79. The molecule has 1 aliphatic rings. The van der Waals surface area contributed by atoms with Crippen molar-refractivity contribution in [3.63, 3.8) is 0 Å². The van der Waals surface area contributed by atoms with Gasteiger partial charge < -0.3 is 14.9 Å². The number of phenolic OH excluding ortho intramolecular Hbond substituents is 2. The van der Waals surface area contributed by atoms with Crippen LogP contribution >= 0.6 is 31.9 Å². The smallest absolute Gasteiger partial charge is 0.332 e. The first kappa shape index (κ1) is 17.0. The number of carbonyl (C=O) groups is 1. The fourth-order valence-electron chi connectivity index (χ4n) is 2.86. The molecule has 0 saturated heterocycles. The number of esters is 1. The molecule has 0 bridgehead atoms. The van der Waals surface area contributed by atoms with Gasteiger partial charge in [-0.2, -0.15) is 0 Å². The Morgan fingerprint density at radius 1 is 1.04 bits per heavy atom. The molecule has 1 heterocycles. The van der Waals surface area contributed by atoms with Crippen LogP contribution in [-0.4, -0.2) is 16.2 Å². The molecule has 0 aromatic heterocycles. The molecular weight excluding hydrogens is 440 g/mol. The standard InChI is InChI=1S/C18H14Br2O4/c1-9-3-4-10(2)11(7-9)18(6-5-14(21)24-18)12-8-13(19)17(23)15(20)16(12)22/h3-8,22-23H,1-2H3. The molecule has 4 nitrogen and oxygen atoms in total. The van der Waals surface area contributed by atoms with Gasteiger partial charge in [-0.05, 0) is 63.4 Å². The van der Waals surface area contributed by atoms with Crippen molar-refractivity contribution < 1.29 is 19.7 Å². The van der Waals surface area contributed by atoms with E-state index in [1.807, 2.05) is 32.0 Å². The minimum atomic E-state index is -1.25. The van der Waals surface area contributed by atoms with Crippen molar-refractivity contribution in [2.75, 3.05) is 0 Å². The van der Waals surface area contributed by atoms with E-state index >= 15 is 0 Å². The summed E-state index contributed by atoms with van der Waals surface area (Å²) in [6.45, 7) is 3.86. The number of hydrogen-bond acceptors (Lipinski definition) is 4. The number of phenols is 2. The number of cyclic esters (lactones) is 1. The van der Waals surface area contributed by atoms with Crippen molar-refractivity contribution in [2.45, 2.75) is 19.4 Å². The largest absolute Gasteiger partial charge is 0.506 e. The van der Waals surface area contributed by atoms with Gasteiger partial charge in [-0.25, -0.2) is 4.79 Å². The van der Waals surface area contributed by atoms with E-state index in [9.17, 15) is 15.0 Å². The number of aryl methyl sites for hydroxylation is 2. The lowest BCUT2D eigenvalue weighted by atomic mass is 9.82. The molecule has 6 heteroatoms. The van der Waals surface area contributed by atoms with Crippen molar-refractivity contribution in [3.8, 4) is 11.5 Å². The summed E-state index contributed by atoms with van der Waals surface area (Å²) in [5.41, 5.74) is 1.78. The number of ether oxygens (including phenoxy) is 1. The van der Waals surface area contributed by atoms with Gasteiger partial charge in [0.25, 0.3) is 0 Å². The lowest BCUT2D eigenvalue weighted by molar-refractivity contribution is -0.143. The van der Waals surface area contributed by atoms with Crippen LogP contribution in [0.25, 0.3) is 0 Å². The quantitative estimate of drug-likeness (QED) is 0.652. The lowest BCUT2D eigenvalue weighted by Gasteiger charge is -2.30. The van der Waals surface area contributed by atoms with E-state index in [4.69, 9.17) is 4.74 Å². The molecule has 0 amide bonds. The van der Waals surface area contributed by atoms with Gasteiger partial charge >= 0.3 is 5.97 Å². The molecule has 0 aliphatic carbocycles. The average Bonchev–Trinajstić information content (AvgIpc) is 2.94. The van der Waals surface area contributed by atoms with Crippen LogP contribution in [0.4, 0.5) is 0 Å². The Morgan fingerprint density at radius 3 is 2.38 bits per heavy atom. The van der Waals surface area contributed by atoms with Crippen LogP contribution < -0.4 is 0 Å². The van der Waals surface area contributed by atoms with Gasteiger partial charge in [0.05, 0.1) is 4.47 Å². The highest BCUT2D eigenvalue weighted by Gasteiger charge is 2.43. The fourth-order valence-corrected chi connectivity index (χ4v) is 3.98. The fraction of sp³-hybridized carbons (Fsp3) is 0.167. The van der Waals surface area contributed by atoms with E-state index in [-0.39, 0.29) is 16.0 Å². The Morgan fingerprint density at radius 2 is 1.75 bits per heavy atom. The SMILES string of the molecule is Cc1ccc(C)c(C2(c3cc(Br)c(O)c(Br)c3O)C=CC(=O)O2)c1. The van der Waals surface area contributed by atoms with Crippen molar-refractivity contribution in [3.05, 3.63) is 67.6 Å². The lowest BCUT2D eigenvalue weighted by Crippen LogP contribution is -2.28. The third-order valence-electron chi connectivity index (χ3n) is 4.08. The third-order valence-corrected chi connectivity index (χ3v) is 5.43. The number of hydrogen-bond donors (Lipinski definition) is 2. The molecule has 1 aliphatic heterocycles. The maximum absolute atomic E-state index is 11.9. The maximum Gasteiger partial charge on any atom is 0.332 e. The van der Waals surface area contributed by atoms with Gasteiger partial charge in [-0.3, -0.25) is 0 Å². The second kappa shape index (κ2) is 5.93.